The molecule has 0 saturated carbocycles. The Balaban J connectivity index is 1.91. The highest BCUT2D eigenvalue weighted by Gasteiger charge is 2.17. The number of carboxylic acid groups (broad SMARTS) is 1. The van der Waals surface area contributed by atoms with Crippen LogP contribution in [-0.4, -0.2) is 22.7 Å². The second-order valence-electron chi connectivity index (χ2n) is 5.33. The molecule has 1 aromatic heterocycles. The van der Waals surface area contributed by atoms with Crippen LogP contribution >= 0.6 is 0 Å². The average molecular weight is 258 g/mol. The number of hydrogen-bond donors (Lipinski definition) is 3. The summed E-state index contributed by atoms with van der Waals surface area (Å²) in [5, 5.41) is 12.3. The van der Waals surface area contributed by atoms with E-state index in [9.17, 15) is 4.79 Å². The fourth-order valence-electron chi connectivity index (χ4n) is 2.92. The van der Waals surface area contributed by atoms with Crippen molar-refractivity contribution in [1.82, 2.24) is 10.3 Å². The summed E-state index contributed by atoms with van der Waals surface area (Å²) in [5.41, 5.74) is 5.25. The van der Waals surface area contributed by atoms with Gasteiger partial charge in [0.2, 0.25) is 0 Å². The molecule has 0 radical (unpaired) electrons. The van der Waals surface area contributed by atoms with Crippen LogP contribution in [0.2, 0.25) is 0 Å². The van der Waals surface area contributed by atoms with E-state index in [1.54, 1.807) is 0 Å². The SMILES string of the molecule is C[C@@H](CNC(=O)O)c1cc2ccc3c(c2[nH]1)CCC3. The molecular weight excluding hydrogens is 240 g/mol. The molecule has 1 atom stereocenters. The van der Waals surface area contributed by atoms with Gasteiger partial charge in [-0.1, -0.05) is 19.1 Å². The Labute approximate surface area is 111 Å². The van der Waals surface area contributed by atoms with Crippen LogP contribution in [0.3, 0.4) is 0 Å². The first kappa shape index (κ1) is 12.1. The van der Waals surface area contributed by atoms with E-state index in [4.69, 9.17) is 5.11 Å². The van der Waals surface area contributed by atoms with Gasteiger partial charge in [-0.3, -0.25) is 0 Å². The number of H-pyrrole nitrogens is 1. The minimum absolute atomic E-state index is 0.153. The Hall–Kier alpha value is -1.97. The van der Waals surface area contributed by atoms with Crippen molar-refractivity contribution >= 4 is 17.0 Å². The zero-order chi connectivity index (χ0) is 13.4. The molecule has 3 N–H and O–H groups in total. The summed E-state index contributed by atoms with van der Waals surface area (Å²) in [7, 11) is 0. The van der Waals surface area contributed by atoms with Crippen molar-refractivity contribution in [1.29, 1.82) is 0 Å². The van der Waals surface area contributed by atoms with Crippen molar-refractivity contribution in [2.24, 2.45) is 0 Å². The van der Waals surface area contributed by atoms with Gasteiger partial charge in [0.15, 0.2) is 0 Å². The lowest BCUT2D eigenvalue weighted by molar-refractivity contribution is 0.194. The fraction of sp³-hybridized carbons (Fsp3) is 0.400. The van der Waals surface area contributed by atoms with E-state index in [2.05, 4.69) is 28.5 Å². The minimum atomic E-state index is -0.969. The van der Waals surface area contributed by atoms with Crippen molar-refractivity contribution in [2.45, 2.75) is 32.1 Å². The van der Waals surface area contributed by atoms with Gasteiger partial charge in [0, 0.05) is 23.7 Å². The second kappa shape index (κ2) is 4.61. The van der Waals surface area contributed by atoms with Gasteiger partial charge >= 0.3 is 6.09 Å². The largest absolute Gasteiger partial charge is 0.465 e. The Kier molecular flexibility index (Phi) is 2.93. The number of aromatic amines is 1. The number of aromatic nitrogens is 1. The van der Waals surface area contributed by atoms with Gasteiger partial charge in [0.25, 0.3) is 0 Å². The van der Waals surface area contributed by atoms with Gasteiger partial charge in [-0.15, -0.1) is 0 Å². The molecule has 4 heteroatoms. The first-order chi connectivity index (χ1) is 9.15. The molecular formula is C15H18N2O2. The van der Waals surface area contributed by atoms with Crippen LogP contribution in [0.4, 0.5) is 4.79 Å². The number of fused-ring (bicyclic) bond motifs is 3. The average Bonchev–Trinajstić information content (AvgIpc) is 3.00. The molecule has 1 aromatic carbocycles. The van der Waals surface area contributed by atoms with Crippen LogP contribution in [0.5, 0.6) is 0 Å². The zero-order valence-corrected chi connectivity index (χ0v) is 11.0. The van der Waals surface area contributed by atoms with Gasteiger partial charge in [-0.05, 0) is 41.8 Å². The first-order valence-corrected chi connectivity index (χ1v) is 6.75. The predicted molar refractivity (Wildman–Crippen MR) is 74.8 cm³/mol. The van der Waals surface area contributed by atoms with E-state index in [1.807, 2.05) is 6.92 Å². The van der Waals surface area contributed by atoms with E-state index in [0.29, 0.717) is 6.54 Å². The van der Waals surface area contributed by atoms with Crippen molar-refractivity contribution in [3.63, 3.8) is 0 Å². The van der Waals surface area contributed by atoms with Crippen LogP contribution in [0.25, 0.3) is 10.9 Å². The van der Waals surface area contributed by atoms with Gasteiger partial charge in [0.1, 0.15) is 0 Å². The highest BCUT2D eigenvalue weighted by atomic mass is 16.4. The number of benzene rings is 1. The molecule has 0 spiro atoms. The lowest BCUT2D eigenvalue weighted by Gasteiger charge is -2.08. The zero-order valence-electron chi connectivity index (χ0n) is 11.0. The number of amides is 1. The summed E-state index contributed by atoms with van der Waals surface area (Å²) in [5.74, 6) is 0.153. The standard InChI is InChI=1S/C15H18N2O2/c1-9(8-16-15(18)19)13-7-11-6-5-10-3-2-4-12(10)14(11)17-13/h5-7,9,16-17H,2-4,8H2,1H3,(H,18,19)/t9-/m0/s1. The lowest BCUT2D eigenvalue weighted by Crippen LogP contribution is -2.25. The van der Waals surface area contributed by atoms with Crippen LogP contribution < -0.4 is 5.32 Å². The van der Waals surface area contributed by atoms with E-state index >= 15 is 0 Å². The molecule has 4 nitrogen and oxygen atoms in total. The number of hydrogen-bond acceptors (Lipinski definition) is 1. The summed E-state index contributed by atoms with van der Waals surface area (Å²) < 4.78 is 0. The van der Waals surface area contributed by atoms with Crippen LogP contribution in [0.1, 0.15) is 36.1 Å². The number of aryl methyl sites for hydroxylation is 2. The molecule has 2 aromatic rings. The Morgan fingerprint density at radius 1 is 1.47 bits per heavy atom. The van der Waals surface area contributed by atoms with Crippen molar-refractivity contribution in [3.05, 3.63) is 35.0 Å². The van der Waals surface area contributed by atoms with Crippen molar-refractivity contribution in [2.75, 3.05) is 6.54 Å². The Morgan fingerprint density at radius 3 is 3.11 bits per heavy atom. The van der Waals surface area contributed by atoms with Crippen LogP contribution in [0.15, 0.2) is 18.2 Å². The smallest absolute Gasteiger partial charge is 0.404 e. The molecule has 0 unspecified atom stereocenters. The molecule has 0 aliphatic heterocycles. The van der Waals surface area contributed by atoms with E-state index in [1.165, 1.54) is 34.9 Å². The molecule has 1 aliphatic rings. The minimum Gasteiger partial charge on any atom is -0.465 e. The maximum absolute atomic E-state index is 10.5. The third-order valence-corrected chi connectivity index (χ3v) is 3.99. The van der Waals surface area contributed by atoms with E-state index < -0.39 is 6.09 Å². The molecule has 1 heterocycles. The molecule has 0 bridgehead atoms. The summed E-state index contributed by atoms with van der Waals surface area (Å²) in [6.45, 7) is 2.46. The molecule has 0 fully saturated rings. The maximum atomic E-state index is 10.5. The lowest BCUT2D eigenvalue weighted by atomic mass is 10.1. The van der Waals surface area contributed by atoms with E-state index in [-0.39, 0.29) is 5.92 Å². The summed E-state index contributed by atoms with van der Waals surface area (Å²) in [4.78, 5) is 14.0. The Morgan fingerprint density at radius 2 is 2.32 bits per heavy atom. The monoisotopic (exact) mass is 258 g/mol. The topological polar surface area (TPSA) is 65.1 Å². The van der Waals surface area contributed by atoms with Gasteiger partial charge in [0.05, 0.1) is 0 Å². The second-order valence-corrected chi connectivity index (χ2v) is 5.33. The number of nitrogens with one attached hydrogen (secondary N) is 2. The van der Waals surface area contributed by atoms with E-state index in [0.717, 1.165) is 12.1 Å². The van der Waals surface area contributed by atoms with Crippen molar-refractivity contribution < 1.29 is 9.90 Å². The maximum Gasteiger partial charge on any atom is 0.404 e. The summed E-state index contributed by atoms with van der Waals surface area (Å²) >= 11 is 0. The van der Waals surface area contributed by atoms with Crippen LogP contribution in [-0.2, 0) is 12.8 Å². The highest BCUT2D eigenvalue weighted by Crippen LogP contribution is 2.31. The quantitative estimate of drug-likeness (QED) is 0.792. The normalized spacial score (nSPS) is 15.4. The molecule has 1 aliphatic carbocycles. The third kappa shape index (κ3) is 2.18. The molecule has 1 amide bonds. The van der Waals surface area contributed by atoms with Crippen LogP contribution in [0, 0.1) is 0 Å². The third-order valence-electron chi connectivity index (χ3n) is 3.99. The number of rotatable bonds is 3. The summed E-state index contributed by atoms with van der Waals surface area (Å²) in [6, 6.07) is 6.53. The Bertz CT molecular complexity index is 630. The molecule has 100 valence electrons. The first-order valence-electron chi connectivity index (χ1n) is 6.75. The predicted octanol–water partition coefficient (Wildman–Crippen LogP) is 3.03. The van der Waals surface area contributed by atoms with Gasteiger partial charge in [-0.2, -0.15) is 0 Å². The van der Waals surface area contributed by atoms with Gasteiger partial charge in [-0.25, -0.2) is 4.79 Å². The number of carbonyl (C=O) groups is 1. The van der Waals surface area contributed by atoms with Gasteiger partial charge < -0.3 is 15.4 Å². The van der Waals surface area contributed by atoms with Crippen molar-refractivity contribution in [3.8, 4) is 0 Å². The molecule has 0 saturated heterocycles. The molecule has 19 heavy (non-hydrogen) atoms. The summed E-state index contributed by atoms with van der Waals surface area (Å²) in [6.07, 6.45) is 2.59. The fourth-order valence-corrected chi connectivity index (χ4v) is 2.92. The highest BCUT2D eigenvalue weighted by molar-refractivity contribution is 5.85. The molecule has 3 rings (SSSR count).